The monoisotopic (exact) mass is 418 g/mol. The fraction of sp³-hybridized carbons (Fsp3) is 0.333. The molecule has 1 aliphatic carbocycles. The number of aromatic nitrogens is 2. The van der Waals surface area contributed by atoms with Crippen LogP contribution in [0.1, 0.15) is 43.6 Å². The topological polar surface area (TPSA) is 93.1 Å². The third kappa shape index (κ3) is 4.82. The van der Waals surface area contributed by atoms with Gasteiger partial charge in [0.25, 0.3) is 5.56 Å². The Balaban J connectivity index is 1.37. The van der Waals surface area contributed by atoms with Gasteiger partial charge in [-0.2, -0.15) is 0 Å². The van der Waals surface area contributed by atoms with Gasteiger partial charge in [-0.15, -0.1) is 0 Å². The minimum Gasteiger partial charge on any atom is -0.347 e. The number of hydrogen-bond donors (Lipinski definition) is 2. The predicted octanol–water partition coefficient (Wildman–Crippen LogP) is 2.98. The van der Waals surface area contributed by atoms with E-state index in [0.29, 0.717) is 23.1 Å². The quantitative estimate of drug-likeness (QED) is 0.588. The molecule has 0 spiro atoms. The van der Waals surface area contributed by atoms with Gasteiger partial charge in [-0.25, -0.2) is 4.98 Å². The Morgan fingerprint density at radius 2 is 1.81 bits per heavy atom. The summed E-state index contributed by atoms with van der Waals surface area (Å²) in [6, 6.07) is 15.1. The van der Waals surface area contributed by atoms with Crippen LogP contribution >= 0.6 is 0 Å². The van der Waals surface area contributed by atoms with E-state index in [1.165, 1.54) is 0 Å². The molecule has 1 heterocycles. The van der Waals surface area contributed by atoms with E-state index in [1.54, 1.807) is 10.6 Å². The van der Waals surface area contributed by atoms with Crippen molar-refractivity contribution in [1.82, 2.24) is 14.9 Å². The van der Waals surface area contributed by atoms with Gasteiger partial charge in [-0.1, -0.05) is 37.3 Å². The Morgan fingerprint density at radius 1 is 1.06 bits per heavy atom. The lowest BCUT2D eigenvalue weighted by atomic mass is 10.1. The van der Waals surface area contributed by atoms with Crippen molar-refractivity contribution in [2.75, 3.05) is 11.9 Å². The molecule has 0 saturated heterocycles. The maximum absolute atomic E-state index is 12.9. The van der Waals surface area contributed by atoms with Gasteiger partial charge in [0.15, 0.2) is 0 Å². The second-order valence-corrected chi connectivity index (χ2v) is 7.79. The van der Waals surface area contributed by atoms with Gasteiger partial charge in [0, 0.05) is 24.6 Å². The SMILES string of the molecule is CCc1ccccc1NC(=O)CNC(=O)CCc1nc2ccccc2c(=O)n1C1CC1. The van der Waals surface area contributed by atoms with Gasteiger partial charge in [0.2, 0.25) is 11.8 Å². The van der Waals surface area contributed by atoms with Crippen LogP contribution in [0.2, 0.25) is 0 Å². The van der Waals surface area contributed by atoms with E-state index in [0.717, 1.165) is 30.5 Å². The first kappa shape index (κ1) is 20.8. The van der Waals surface area contributed by atoms with Crippen LogP contribution in [0.3, 0.4) is 0 Å². The lowest BCUT2D eigenvalue weighted by molar-refractivity contribution is -0.124. The Morgan fingerprint density at radius 3 is 2.58 bits per heavy atom. The van der Waals surface area contributed by atoms with Gasteiger partial charge in [0.05, 0.1) is 17.4 Å². The van der Waals surface area contributed by atoms with Crippen LogP contribution in [0.4, 0.5) is 5.69 Å². The molecule has 7 heteroatoms. The van der Waals surface area contributed by atoms with E-state index in [4.69, 9.17) is 0 Å². The van der Waals surface area contributed by atoms with Crippen LogP contribution in [0, 0.1) is 0 Å². The van der Waals surface area contributed by atoms with Gasteiger partial charge < -0.3 is 10.6 Å². The number of benzene rings is 2. The fourth-order valence-electron chi connectivity index (χ4n) is 3.72. The summed E-state index contributed by atoms with van der Waals surface area (Å²) in [4.78, 5) is 42.1. The summed E-state index contributed by atoms with van der Waals surface area (Å²) in [6.07, 6.45) is 3.24. The van der Waals surface area contributed by atoms with Crippen LogP contribution in [0.25, 0.3) is 10.9 Å². The number of anilines is 1. The molecule has 160 valence electrons. The fourth-order valence-corrected chi connectivity index (χ4v) is 3.72. The molecular weight excluding hydrogens is 392 g/mol. The van der Waals surface area contributed by atoms with Crippen molar-refractivity contribution >= 4 is 28.4 Å². The molecule has 0 atom stereocenters. The molecule has 0 unspecified atom stereocenters. The van der Waals surface area contributed by atoms with Crippen molar-refractivity contribution in [3.05, 3.63) is 70.3 Å². The van der Waals surface area contributed by atoms with Crippen LogP contribution in [0.5, 0.6) is 0 Å². The molecule has 7 nitrogen and oxygen atoms in total. The molecular formula is C24H26N4O3. The van der Waals surface area contributed by atoms with Crippen LogP contribution < -0.4 is 16.2 Å². The second kappa shape index (κ2) is 9.12. The summed E-state index contributed by atoms with van der Waals surface area (Å²) in [6.45, 7) is 1.92. The zero-order chi connectivity index (χ0) is 21.8. The number of nitrogens with one attached hydrogen (secondary N) is 2. The molecule has 31 heavy (non-hydrogen) atoms. The molecule has 2 aromatic carbocycles. The minimum atomic E-state index is -0.270. The van der Waals surface area contributed by atoms with Gasteiger partial charge in [-0.05, 0) is 43.0 Å². The first-order valence-corrected chi connectivity index (χ1v) is 10.7. The van der Waals surface area contributed by atoms with Crippen molar-refractivity contribution in [2.24, 2.45) is 0 Å². The summed E-state index contributed by atoms with van der Waals surface area (Å²) in [7, 11) is 0. The smallest absolute Gasteiger partial charge is 0.261 e. The Labute approximate surface area is 180 Å². The first-order valence-electron chi connectivity index (χ1n) is 10.7. The maximum Gasteiger partial charge on any atom is 0.261 e. The number of nitrogens with zero attached hydrogens (tertiary/aromatic N) is 2. The van der Waals surface area contributed by atoms with Crippen LogP contribution in [-0.2, 0) is 22.4 Å². The molecule has 1 aromatic heterocycles. The number of aryl methyl sites for hydroxylation is 2. The molecule has 4 rings (SSSR count). The highest BCUT2D eigenvalue weighted by Gasteiger charge is 2.28. The molecule has 2 N–H and O–H groups in total. The lowest BCUT2D eigenvalue weighted by Gasteiger charge is -2.13. The van der Waals surface area contributed by atoms with E-state index in [-0.39, 0.29) is 36.4 Å². The van der Waals surface area contributed by atoms with E-state index in [2.05, 4.69) is 15.6 Å². The maximum atomic E-state index is 12.9. The number of hydrogen-bond acceptors (Lipinski definition) is 4. The second-order valence-electron chi connectivity index (χ2n) is 7.79. The number of carbonyl (C=O) groups is 2. The third-order valence-corrected chi connectivity index (χ3v) is 5.49. The van der Waals surface area contributed by atoms with Crippen LogP contribution in [0.15, 0.2) is 53.3 Å². The summed E-state index contributed by atoms with van der Waals surface area (Å²) < 4.78 is 1.74. The largest absolute Gasteiger partial charge is 0.347 e. The van der Waals surface area contributed by atoms with E-state index >= 15 is 0 Å². The highest BCUT2D eigenvalue weighted by molar-refractivity contribution is 5.95. The van der Waals surface area contributed by atoms with Gasteiger partial charge >= 0.3 is 0 Å². The molecule has 0 bridgehead atoms. The molecule has 3 aromatic rings. The number of rotatable bonds is 8. The molecule has 0 radical (unpaired) electrons. The average molecular weight is 418 g/mol. The van der Waals surface area contributed by atoms with Crippen LogP contribution in [-0.4, -0.2) is 27.9 Å². The van der Waals surface area contributed by atoms with E-state index in [9.17, 15) is 14.4 Å². The highest BCUT2D eigenvalue weighted by atomic mass is 16.2. The van der Waals surface area contributed by atoms with Crippen molar-refractivity contribution in [3.8, 4) is 0 Å². The number of amides is 2. The van der Waals surface area contributed by atoms with E-state index < -0.39 is 0 Å². The average Bonchev–Trinajstić information content (AvgIpc) is 3.62. The number of fused-ring (bicyclic) bond motifs is 1. The normalized spacial score (nSPS) is 13.2. The third-order valence-electron chi connectivity index (χ3n) is 5.49. The summed E-state index contributed by atoms with van der Waals surface area (Å²) in [5, 5.41) is 6.10. The summed E-state index contributed by atoms with van der Waals surface area (Å²) in [5.41, 5.74) is 2.41. The molecule has 2 amide bonds. The zero-order valence-electron chi connectivity index (χ0n) is 17.6. The first-order chi connectivity index (χ1) is 15.1. The summed E-state index contributed by atoms with van der Waals surface area (Å²) in [5.74, 6) is 0.110. The summed E-state index contributed by atoms with van der Waals surface area (Å²) >= 11 is 0. The molecule has 0 aliphatic heterocycles. The van der Waals surface area contributed by atoms with Crippen molar-refractivity contribution in [2.45, 2.75) is 45.1 Å². The Hall–Kier alpha value is -3.48. The highest BCUT2D eigenvalue weighted by Crippen LogP contribution is 2.34. The zero-order valence-corrected chi connectivity index (χ0v) is 17.6. The Bertz CT molecular complexity index is 1180. The van der Waals surface area contributed by atoms with Gasteiger partial charge in [-0.3, -0.25) is 19.0 Å². The predicted molar refractivity (Wildman–Crippen MR) is 120 cm³/mol. The number of carbonyl (C=O) groups excluding carboxylic acids is 2. The molecule has 1 fully saturated rings. The Kier molecular flexibility index (Phi) is 6.11. The molecule has 1 aliphatic rings. The van der Waals surface area contributed by atoms with Gasteiger partial charge in [0.1, 0.15) is 5.82 Å². The lowest BCUT2D eigenvalue weighted by Crippen LogP contribution is -2.33. The molecule has 1 saturated carbocycles. The standard InChI is InChI=1S/C24H26N4O3/c1-2-16-7-3-5-9-19(16)27-23(30)15-25-22(29)14-13-21-26-20-10-6-4-8-18(20)24(31)28(21)17-11-12-17/h3-10,17H,2,11-15H2,1H3,(H,25,29)(H,27,30). The van der Waals surface area contributed by atoms with Crippen molar-refractivity contribution in [3.63, 3.8) is 0 Å². The van der Waals surface area contributed by atoms with Crippen molar-refractivity contribution in [1.29, 1.82) is 0 Å². The number of para-hydroxylation sites is 2. The minimum absolute atomic E-state index is 0.0440. The van der Waals surface area contributed by atoms with E-state index in [1.807, 2.05) is 49.4 Å². The van der Waals surface area contributed by atoms with Crippen molar-refractivity contribution < 1.29 is 9.59 Å².